The zero-order valence-corrected chi connectivity index (χ0v) is 23.9. The minimum atomic E-state index is -0.713. The Kier molecular flexibility index (Phi) is 17.0. The van der Waals surface area contributed by atoms with Crippen molar-refractivity contribution >= 4 is 11.6 Å². The van der Waals surface area contributed by atoms with Gasteiger partial charge in [0.2, 0.25) is 17.3 Å². The van der Waals surface area contributed by atoms with Crippen molar-refractivity contribution in [2.24, 2.45) is 0 Å². The number of aliphatic hydroxyl groups is 1. The molecule has 0 bridgehead atoms. The Morgan fingerprint density at radius 1 is 0.561 bits per heavy atom. The molecule has 0 radical (unpaired) electrons. The molecule has 2 aromatic rings. The van der Waals surface area contributed by atoms with Gasteiger partial charge in [-0.1, -0.05) is 0 Å². The average Bonchev–Trinajstić information content (AvgIpc) is 3.01. The third-order valence-corrected chi connectivity index (χ3v) is 5.47. The molecule has 228 valence electrons. The molecule has 2 aromatic carbocycles. The van der Waals surface area contributed by atoms with Gasteiger partial charge in [0.25, 0.3) is 0 Å². The number of carbonyl (C=O) groups is 2. The predicted octanol–water partition coefficient (Wildman–Crippen LogP) is 2.23. The van der Waals surface area contributed by atoms with Gasteiger partial charge >= 0.3 is 0 Å². The summed E-state index contributed by atoms with van der Waals surface area (Å²) in [6.07, 6.45) is 0. The molecule has 41 heavy (non-hydrogen) atoms. The number of benzene rings is 2. The molecular formula is C29H40O12. The Hall–Kier alpha value is -3.26. The molecule has 1 N–H and O–H groups in total. The molecule has 12 nitrogen and oxygen atoms in total. The third kappa shape index (κ3) is 12.4. The van der Waals surface area contributed by atoms with Crippen LogP contribution in [0.4, 0.5) is 0 Å². The van der Waals surface area contributed by atoms with Gasteiger partial charge in [0.1, 0.15) is 12.4 Å². The number of hydrogen-bond donors (Lipinski definition) is 1. The van der Waals surface area contributed by atoms with E-state index in [9.17, 15) is 9.59 Å². The fourth-order valence-electron chi connectivity index (χ4n) is 3.43. The number of ether oxygens (including phenoxy) is 9. The van der Waals surface area contributed by atoms with Crippen LogP contribution in [-0.4, -0.2) is 117 Å². The molecule has 0 unspecified atom stereocenters. The lowest BCUT2D eigenvalue weighted by molar-refractivity contribution is -0.0147. The summed E-state index contributed by atoms with van der Waals surface area (Å²) in [5, 5.41) is 8.60. The zero-order chi connectivity index (χ0) is 29.7. The van der Waals surface area contributed by atoms with Gasteiger partial charge in [-0.2, -0.15) is 0 Å². The highest BCUT2D eigenvalue weighted by Crippen LogP contribution is 2.38. The van der Waals surface area contributed by atoms with Gasteiger partial charge < -0.3 is 47.7 Å². The van der Waals surface area contributed by atoms with Crippen LogP contribution in [0.15, 0.2) is 36.4 Å². The van der Waals surface area contributed by atoms with Gasteiger partial charge in [0.15, 0.2) is 11.5 Å². The van der Waals surface area contributed by atoms with Crippen LogP contribution < -0.4 is 18.9 Å². The molecule has 0 heterocycles. The summed E-state index contributed by atoms with van der Waals surface area (Å²) in [6, 6.07) is 9.17. The van der Waals surface area contributed by atoms with E-state index < -0.39 is 11.6 Å². The van der Waals surface area contributed by atoms with Crippen LogP contribution in [0, 0.1) is 0 Å². The average molecular weight is 581 g/mol. The van der Waals surface area contributed by atoms with Crippen LogP contribution in [0.25, 0.3) is 0 Å². The normalized spacial score (nSPS) is 10.8. The molecule has 0 atom stereocenters. The van der Waals surface area contributed by atoms with Crippen LogP contribution in [0.2, 0.25) is 0 Å². The molecule has 12 heteroatoms. The Morgan fingerprint density at radius 2 is 1.02 bits per heavy atom. The Morgan fingerprint density at radius 3 is 1.49 bits per heavy atom. The number of aliphatic hydroxyl groups excluding tert-OH is 1. The fourth-order valence-corrected chi connectivity index (χ4v) is 3.43. The summed E-state index contributed by atoms with van der Waals surface area (Å²) in [5.41, 5.74) is 0.342. The summed E-state index contributed by atoms with van der Waals surface area (Å²) < 4.78 is 48.5. The summed E-state index contributed by atoms with van der Waals surface area (Å²) >= 11 is 0. The summed E-state index contributed by atoms with van der Waals surface area (Å²) in [4.78, 5) is 25.7. The smallest absolute Gasteiger partial charge is 0.233 e. The summed E-state index contributed by atoms with van der Waals surface area (Å²) in [5.74, 6) is -0.00980. The largest absolute Gasteiger partial charge is 0.497 e. The second kappa shape index (κ2) is 20.6. The minimum absolute atomic E-state index is 0.00167. The molecule has 0 spiro atoms. The van der Waals surface area contributed by atoms with E-state index in [2.05, 4.69) is 0 Å². The van der Waals surface area contributed by atoms with Gasteiger partial charge in [-0.25, -0.2) is 0 Å². The maximum absolute atomic E-state index is 13.0. The van der Waals surface area contributed by atoms with E-state index in [1.54, 1.807) is 12.1 Å². The van der Waals surface area contributed by atoms with Crippen LogP contribution in [0.5, 0.6) is 23.0 Å². The standard InChI is InChI=1S/C29H40O12/c1-33-24-6-4-22(5-7-24)27(31)28(32)23-20-25(34-2)29(35-3)26(21-23)41-19-18-40-17-16-39-15-14-38-13-12-37-11-10-36-9-8-30/h4-7,20-21,30H,8-19H2,1-3H3. The first-order valence-corrected chi connectivity index (χ1v) is 13.2. The van der Waals surface area contributed by atoms with E-state index >= 15 is 0 Å². The quantitative estimate of drug-likeness (QED) is 0.111. The van der Waals surface area contributed by atoms with E-state index in [0.717, 1.165) is 0 Å². The molecule has 0 aliphatic carbocycles. The summed E-state index contributed by atoms with van der Waals surface area (Å²) in [6.45, 7) is 4.14. The number of carbonyl (C=O) groups excluding carboxylic acids is 2. The van der Waals surface area contributed by atoms with Gasteiger partial charge in [-0.3, -0.25) is 9.59 Å². The highest BCUT2D eigenvalue weighted by Gasteiger charge is 2.23. The van der Waals surface area contributed by atoms with Crippen molar-refractivity contribution in [2.75, 3.05) is 101 Å². The second-order valence-corrected chi connectivity index (χ2v) is 8.23. The molecule has 0 amide bonds. The third-order valence-electron chi connectivity index (χ3n) is 5.47. The van der Waals surface area contributed by atoms with E-state index in [1.807, 2.05) is 0 Å². The first-order valence-electron chi connectivity index (χ1n) is 13.2. The lowest BCUT2D eigenvalue weighted by Gasteiger charge is -2.15. The maximum Gasteiger partial charge on any atom is 0.233 e. The van der Waals surface area contributed by atoms with Gasteiger partial charge in [0, 0.05) is 11.1 Å². The van der Waals surface area contributed by atoms with E-state index in [0.29, 0.717) is 71.0 Å². The van der Waals surface area contributed by atoms with Gasteiger partial charge in [0.05, 0.1) is 94.0 Å². The number of methoxy groups -OCH3 is 3. The first kappa shape index (κ1) is 33.9. The highest BCUT2D eigenvalue weighted by atomic mass is 16.6. The topological polar surface area (TPSA) is 137 Å². The minimum Gasteiger partial charge on any atom is -0.497 e. The first-order chi connectivity index (χ1) is 20.0. The van der Waals surface area contributed by atoms with Crippen LogP contribution in [0.3, 0.4) is 0 Å². The second-order valence-electron chi connectivity index (χ2n) is 8.23. The SMILES string of the molecule is COc1ccc(C(=O)C(=O)c2cc(OC)c(OC)c(OCCOCCOCCOCCOCCOCCO)c2)cc1. The number of rotatable bonds is 24. The summed E-state index contributed by atoms with van der Waals surface area (Å²) in [7, 11) is 4.40. The van der Waals surface area contributed by atoms with Crippen molar-refractivity contribution in [1.82, 2.24) is 0 Å². The fraction of sp³-hybridized carbons (Fsp3) is 0.517. The Bertz CT molecular complexity index is 1030. The number of ketones is 2. The van der Waals surface area contributed by atoms with E-state index in [4.69, 9.17) is 47.7 Å². The van der Waals surface area contributed by atoms with Crippen LogP contribution in [0.1, 0.15) is 20.7 Å². The molecule has 0 saturated heterocycles. The molecular weight excluding hydrogens is 540 g/mol. The molecule has 0 fully saturated rings. The lowest BCUT2D eigenvalue weighted by atomic mass is 10.0. The van der Waals surface area contributed by atoms with Crippen molar-refractivity contribution in [1.29, 1.82) is 0 Å². The van der Waals surface area contributed by atoms with Crippen molar-refractivity contribution < 1.29 is 57.3 Å². The molecule has 2 rings (SSSR count). The van der Waals surface area contributed by atoms with Gasteiger partial charge in [-0.05, 0) is 36.4 Å². The van der Waals surface area contributed by atoms with Crippen molar-refractivity contribution in [3.63, 3.8) is 0 Å². The monoisotopic (exact) mass is 580 g/mol. The van der Waals surface area contributed by atoms with Gasteiger partial charge in [-0.15, -0.1) is 0 Å². The zero-order valence-electron chi connectivity index (χ0n) is 23.9. The molecule has 0 aliphatic heterocycles. The molecule has 0 aliphatic rings. The van der Waals surface area contributed by atoms with Crippen LogP contribution in [-0.2, 0) is 23.7 Å². The van der Waals surface area contributed by atoms with Crippen molar-refractivity contribution in [2.45, 2.75) is 0 Å². The number of Topliss-reactive ketones (excluding diaryl/α,β-unsaturated/α-hetero) is 2. The van der Waals surface area contributed by atoms with Crippen molar-refractivity contribution in [3.05, 3.63) is 47.5 Å². The Balaban J connectivity index is 1.70. The van der Waals surface area contributed by atoms with E-state index in [1.165, 1.54) is 45.6 Å². The number of hydrogen-bond acceptors (Lipinski definition) is 12. The van der Waals surface area contributed by atoms with Crippen LogP contribution >= 0.6 is 0 Å². The highest BCUT2D eigenvalue weighted by molar-refractivity contribution is 6.49. The molecule has 0 aromatic heterocycles. The predicted molar refractivity (Wildman–Crippen MR) is 148 cm³/mol. The van der Waals surface area contributed by atoms with E-state index in [-0.39, 0.29) is 42.4 Å². The van der Waals surface area contributed by atoms with Crippen molar-refractivity contribution in [3.8, 4) is 23.0 Å². The Labute approximate surface area is 240 Å². The molecule has 0 saturated carbocycles. The maximum atomic E-state index is 13.0. The lowest BCUT2D eigenvalue weighted by Crippen LogP contribution is -2.16.